The molecule has 0 radical (unpaired) electrons. The molecule has 2 aromatic heterocycles. The fraction of sp³-hybridized carbons (Fsp3) is 0.250. The Morgan fingerprint density at radius 2 is 2.10 bits per heavy atom. The molecule has 0 aliphatic heterocycles. The van der Waals surface area contributed by atoms with Gasteiger partial charge in [0.25, 0.3) is 0 Å². The number of pyridine rings is 1. The highest BCUT2D eigenvalue weighted by Crippen LogP contribution is 2.21. The molecule has 0 saturated heterocycles. The van der Waals surface area contributed by atoms with Crippen LogP contribution in [0.15, 0.2) is 53.1 Å². The fourth-order valence-corrected chi connectivity index (χ4v) is 2.86. The number of rotatable bonds is 5. The van der Waals surface area contributed by atoms with Crippen molar-refractivity contribution < 1.29 is 0 Å². The van der Waals surface area contributed by atoms with E-state index in [1.165, 1.54) is 5.56 Å². The Balaban J connectivity index is 1.76. The number of halogens is 1. The van der Waals surface area contributed by atoms with E-state index in [1.54, 1.807) is 0 Å². The van der Waals surface area contributed by atoms with Gasteiger partial charge in [-0.05, 0) is 36.2 Å². The molecule has 3 aromatic rings. The number of fused-ring (bicyclic) bond motifs is 1. The quantitative estimate of drug-likeness (QED) is 0.766. The number of hydrogen-bond donors (Lipinski definition) is 1. The largest absolute Gasteiger partial charge is 0.303 e. The van der Waals surface area contributed by atoms with Crippen LogP contribution in [-0.4, -0.2) is 14.6 Å². The minimum Gasteiger partial charge on any atom is -0.303 e. The van der Waals surface area contributed by atoms with Crippen molar-refractivity contribution in [2.24, 2.45) is 0 Å². The van der Waals surface area contributed by atoms with Crippen LogP contribution in [0.1, 0.15) is 30.8 Å². The van der Waals surface area contributed by atoms with E-state index >= 15 is 0 Å². The summed E-state index contributed by atoms with van der Waals surface area (Å²) in [6.45, 7) is 2.87. The molecule has 0 aliphatic carbocycles. The van der Waals surface area contributed by atoms with Crippen LogP contribution in [0.5, 0.6) is 0 Å². The standard InChI is InChI=1S/C16H17BrN4/c1-2-14(12-6-5-7-13(17)10-12)18-11-16-20-19-15-8-3-4-9-21(15)16/h3-10,14,18H,2,11H2,1H3. The maximum Gasteiger partial charge on any atom is 0.160 e. The average Bonchev–Trinajstić information content (AvgIpc) is 2.91. The number of nitrogens with one attached hydrogen (secondary N) is 1. The number of hydrogen-bond acceptors (Lipinski definition) is 3. The molecule has 3 rings (SSSR count). The summed E-state index contributed by atoms with van der Waals surface area (Å²) in [4.78, 5) is 0. The summed E-state index contributed by atoms with van der Waals surface area (Å²) in [5.41, 5.74) is 2.16. The van der Waals surface area contributed by atoms with Gasteiger partial charge in [-0.25, -0.2) is 0 Å². The molecule has 0 saturated carbocycles. The fourth-order valence-electron chi connectivity index (χ4n) is 2.45. The zero-order chi connectivity index (χ0) is 14.7. The third-order valence-electron chi connectivity index (χ3n) is 3.55. The number of aromatic nitrogens is 3. The molecular formula is C16H17BrN4. The lowest BCUT2D eigenvalue weighted by Gasteiger charge is -2.17. The number of benzene rings is 1. The average molecular weight is 345 g/mol. The van der Waals surface area contributed by atoms with Crippen molar-refractivity contribution in [2.45, 2.75) is 25.9 Å². The first-order valence-electron chi connectivity index (χ1n) is 7.05. The topological polar surface area (TPSA) is 42.2 Å². The van der Waals surface area contributed by atoms with Gasteiger partial charge < -0.3 is 5.32 Å². The smallest absolute Gasteiger partial charge is 0.160 e. The molecule has 0 fully saturated rings. The molecule has 0 bridgehead atoms. The Bertz CT molecular complexity index is 738. The molecule has 108 valence electrons. The van der Waals surface area contributed by atoms with Crippen molar-refractivity contribution in [2.75, 3.05) is 0 Å². The first kappa shape index (κ1) is 14.2. The highest BCUT2D eigenvalue weighted by Gasteiger charge is 2.11. The van der Waals surface area contributed by atoms with E-state index in [0.29, 0.717) is 12.6 Å². The van der Waals surface area contributed by atoms with Crippen LogP contribution < -0.4 is 5.32 Å². The van der Waals surface area contributed by atoms with Gasteiger partial charge in [-0.3, -0.25) is 4.40 Å². The maximum atomic E-state index is 4.25. The maximum absolute atomic E-state index is 4.25. The second kappa shape index (κ2) is 6.37. The summed E-state index contributed by atoms with van der Waals surface area (Å²) in [7, 11) is 0. The van der Waals surface area contributed by atoms with Gasteiger partial charge in [-0.1, -0.05) is 41.1 Å². The van der Waals surface area contributed by atoms with Gasteiger partial charge >= 0.3 is 0 Å². The van der Waals surface area contributed by atoms with Crippen molar-refractivity contribution in [3.63, 3.8) is 0 Å². The van der Waals surface area contributed by atoms with Crippen LogP contribution in [-0.2, 0) is 6.54 Å². The zero-order valence-corrected chi connectivity index (χ0v) is 13.4. The number of nitrogens with zero attached hydrogens (tertiary/aromatic N) is 3. The van der Waals surface area contributed by atoms with Crippen molar-refractivity contribution in [3.8, 4) is 0 Å². The molecule has 4 nitrogen and oxygen atoms in total. The predicted molar refractivity (Wildman–Crippen MR) is 87.0 cm³/mol. The minimum absolute atomic E-state index is 0.304. The zero-order valence-electron chi connectivity index (χ0n) is 11.8. The summed E-state index contributed by atoms with van der Waals surface area (Å²) in [5.74, 6) is 0.930. The SMILES string of the molecule is CCC(NCc1nnc2ccccn12)c1cccc(Br)c1. The molecule has 21 heavy (non-hydrogen) atoms. The second-order valence-electron chi connectivity index (χ2n) is 4.94. The van der Waals surface area contributed by atoms with E-state index in [2.05, 4.69) is 56.6 Å². The first-order valence-corrected chi connectivity index (χ1v) is 7.84. The Morgan fingerprint density at radius 1 is 1.19 bits per heavy atom. The van der Waals surface area contributed by atoms with Crippen LogP contribution in [0.25, 0.3) is 5.65 Å². The van der Waals surface area contributed by atoms with Gasteiger partial charge in [0.1, 0.15) is 0 Å². The van der Waals surface area contributed by atoms with E-state index in [4.69, 9.17) is 0 Å². The van der Waals surface area contributed by atoms with Gasteiger partial charge in [-0.15, -0.1) is 10.2 Å². The molecule has 1 N–H and O–H groups in total. The molecule has 1 aromatic carbocycles. The van der Waals surface area contributed by atoms with Gasteiger partial charge in [0.15, 0.2) is 11.5 Å². The van der Waals surface area contributed by atoms with Crippen LogP contribution in [0, 0.1) is 0 Å². The summed E-state index contributed by atoms with van der Waals surface area (Å²) < 4.78 is 3.12. The highest BCUT2D eigenvalue weighted by atomic mass is 79.9. The molecule has 1 atom stereocenters. The summed E-state index contributed by atoms with van der Waals surface area (Å²) in [5, 5.41) is 12.0. The van der Waals surface area contributed by atoms with Crippen molar-refractivity contribution >= 4 is 21.6 Å². The first-order chi connectivity index (χ1) is 10.3. The Labute approximate surface area is 132 Å². The van der Waals surface area contributed by atoms with E-state index in [0.717, 1.165) is 22.4 Å². The van der Waals surface area contributed by atoms with E-state index in [-0.39, 0.29) is 0 Å². The van der Waals surface area contributed by atoms with E-state index < -0.39 is 0 Å². The molecule has 1 unspecified atom stereocenters. The van der Waals surface area contributed by atoms with Crippen LogP contribution in [0.4, 0.5) is 0 Å². The lowest BCUT2D eigenvalue weighted by atomic mass is 10.0. The molecular weight excluding hydrogens is 328 g/mol. The van der Waals surface area contributed by atoms with Crippen LogP contribution in [0.3, 0.4) is 0 Å². The normalized spacial score (nSPS) is 12.7. The van der Waals surface area contributed by atoms with Gasteiger partial charge in [0.2, 0.25) is 0 Å². The molecule has 2 heterocycles. The van der Waals surface area contributed by atoms with Gasteiger partial charge in [0.05, 0.1) is 6.54 Å². The highest BCUT2D eigenvalue weighted by molar-refractivity contribution is 9.10. The van der Waals surface area contributed by atoms with E-state index in [9.17, 15) is 0 Å². The van der Waals surface area contributed by atoms with Crippen molar-refractivity contribution in [3.05, 3.63) is 64.5 Å². The Morgan fingerprint density at radius 3 is 2.90 bits per heavy atom. The van der Waals surface area contributed by atoms with Crippen molar-refractivity contribution in [1.82, 2.24) is 19.9 Å². The summed E-state index contributed by atoms with van der Waals surface area (Å²) >= 11 is 3.53. The van der Waals surface area contributed by atoms with Crippen molar-refractivity contribution in [1.29, 1.82) is 0 Å². The van der Waals surface area contributed by atoms with E-state index in [1.807, 2.05) is 34.9 Å². The molecule has 0 aliphatic rings. The molecule has 0 spiro atoms. The Kier molecular flexibility index (Phi) is 4.31. The minimum atomic E-state index is 0.304. The van der Waals surface area contributed by atoms with Gasteiger partial charge in [0, 0.05) is 16.7 Å². The second-order valence-corrected chi connectivity index (χ2v) is 5.86. The molecule has 0 amide bonds. The summed E-state index contributed by atoms with van der Waals surface area (Å²) in [6, 6.07) is 14.6. The van der Waals surface area contributed by atoms with Gasteiger partial charge in [-0.2, -0.15) is 0 Å². The molecule has 5 heteroatoms. The lowest BCUT2D eigenvalue weighted by Crippen LogP contribution is -2.21. The predicted octanol–water partition coefficient (Wildman–Crippen LogP) is 3.73. The third kappa shape index (κ3) is 3.14. The summed E-state index contributed by atoms with van der Waals surface area (Å²) in [6.07, 6.45) is 3.01. The monoisotopic (exact) mass is 344 g/mol. The lowest BCUT2D eigenvalue weighted by molar-refractivity contribution is 0.506. The third-order valence-corrected chi connectivity index (χ3v) is 4.04. The van der Waals surface area contributed by atoms with Crippen LogP contribution >= 0.6 is 15.9 Å². The van der Waals surface area contributed by atoms with Crippen LogP contribution in [0.2, 0.25) is 0 Å². The Hall–Kier alpha value is -1.72.